The fourth-order valence-electron chi connectivity index (χ4n) is 2.83. The van der Waals surface area contributed by atoms with E-state index in [2.05, 4.69) is 25.6 Å². The van der Waals surface area contributed by atoms with Crippen molar-refractivity contribution >= 4 is 23.4 Å². The zero-order valence-corrected chi connectivity index (χ0v) is 17.3. The number of nitrogens with two attached hydrogens (primary N) is 1. The van der Waals surface area contributed by atoms with Crippen LogP contribution in [0, 0.1) is 5.82 Å². The zero-order chi connectivity index (χ0) is 23.6. The summed E-state index contributed by atoms with van der Waals surface area (Å²) in [6.45, 7) is 0. The summed E-state index contributed by atoms with van der Waals surface area (Å²) in [6.07, 6.45) is -2.09. The van der Waals surface area contributed by atoms with Crippen molar-refractivity contribution in [2.75, 3.05) is 16.9 Å². The molecule has 2 aromatic heterocycles. The molecular weight excluding hydrogens is 464 g/mol. The van der Waals surface area contributed by atoms with Crippen LogP contribution in [0.1, 0.15) is 5.56 Å². The summed E-state index contributed by atoms with van der Waals surface area (Å²) in [5.74, 6) is 4.98. The lowest BCUT2D eigenvalue weighted by Crippen LogP contribution is -2.18. The van der Waals surface area contributed by atoms with Crippen LogP contribution in [-0.4, -0.2) is 41.3 Å². The maximum absolute atomic E-state index is 13.2. The van der Waals surface area contributed by atoms with Crippen LogP contribution in [0.15, 0.2) is 60.3 Å². The maximum Gasteiger partial charge on any atom is 0.416 e. The third-order valence-electron chi connectivity index (χ3n) is 4.36. The van der Waals surface area contributed by atoms with E-state index >= 15 is 0 Å². The second kappa shape index (κ2) is 8.90. The lowest BCUT2D eigenvalue weighted by atomic mass is 10.1. The Balaban J connectivity index is 1.50. The van der Waals surface area contributed by atoms with Gasteiger partial charge >= 0.3 is 6.18 Å². The van der Waals surface area contributed by atoms with Crippen molar-refractivity contribution in [1.29, 1.82) is 0 Å². The number of anilines is 1. The molecular formula is C19H14F4N8OS. The molecule has 0 aliphatic heterocycles. The van der Waals surface area contributed by atoms with Crippen LogP contribution in [0.3, 0.4) is 0 Å². The summed E-state index contributed by atoms with van der Waals surface area (Å²) in [5, 5.41) is 14.4. The Morgan fingerprint density at radius 3 is 2.55 bits per heavy atom. The Labute approximate surface area is 187 Å². The average Bonchev–Trinajstić information content (AvgIpc) is 3.42. The smallest absolute Gasteiger partial charge is 0.335 e. The highest BCUT2D eigenvalue weighted by Gasteiger charge is 2.31. The fraction of sp³-hybridized carbons (Fsp3) is 0.105. The van der Waals surface area contributed by atoms with Gasteiger partial charge in [0.2, 0.25) is 11.1 Å². The van der Waals surface area contributed by atoms with Crippen molar-refractivity contribution in [3.8, 4) is 17.1 Å². The lowest BCUT2D eigenvalue weighted by molar-refractivity contribution is -0.137. The summed E-state index contributed by atoms with van der Waals surface area (Å²) >= 11 is 0.927. The maximum atomic E-state index is 13.2. The molecule has 0 spiro atoms. The minimum absolute atomic E-state index is 0.0952. The first-order valence-corrected chi connectivity index (χ1v) is 10.2. The standard InChI is InChI=1S/C19H14F4N8OS/c20-13-4-1-11(2-5-13)17-28-29-18(31(17)24)33-8-16(32)27-14-7-12(19(21,22)23)3-6-15(14)30-10-25-9-26-30/h1-7,9-10H,8,24H2,(H,27,32). The summed E-state index contributed by atoms with van der Waals surface area (Å²) < 4.78 is 54.9. The monoisotopic (exact) mass is 478 g/mol. The van der Waals surface area contributed by atoms with Gasteiger partial charge in [0.1, 0.15) is 18.5 Å². The first kappa shape index (κ1) is 22.3. The Kier molecular flexibility index (Phi) is 6.00. The molecule has 0 aliphatic carbocycles. The molecule has 0 radical (unpaired) electrons. The van der Waals surface area contributed by atoms with E-state index in [0.717, 1.165) is 28.6 Å². The number of amides is 1. The normalized spacial score (nSPS) is 11.5. The van der Waals surface area contributed by atoms with Gasteiger partial charge in [-0.1, -0.05) is 11.8 Å². The third kappa shape index (κ3) is 4.95. The van der Waals surface area contributed by atoms with Gasteiger partial charge < -0.3 is 11.2 Å². The number of thioether (sulfide) groups is 1. The Bertz CT molecular complexity index is 1270. The van der Waals surface area contributed by atoms with Gasteiger partial charge in [0.15, 0.2) is 5.82 Å². The van der Waals surface area contributed by atoms with Crippen LogP contribution >= 0.6 is 11.8 Å². The van der Waals surface area contributed by atoms with Gasteiger partial charge in [0, 0.05) is 5.56 Å². The second-order valence-corrected chi connectivity index (χ2v) is 7.53. The molecule has 2 heterocycles. The van der Waals surface area contributed by atoms with Gasteiger partial charge in [-0.2, -0.15) is 18.3 Å². The van der Waals surface area contributed by atoms with E-state index in [4.69, 9.17) is 5.84 Å². The van der Waals surface area contributed by atoms with E-state index < -0.39 is 23.5 Å². The van der Waals surface area contributed by atoms with Gasteiger partial charge in [-0.3, -0.25) is 4.79 Å². The molecule has 33 heavy (non-hydrogen) atoms. The van der Waals surface area contributed by atoms with Crippen LogP contribution in [0.2, 0.25) is 0 Å². The number of aromatic nitrogens is 6. The van der Waals surface area contributed by atoms with E-state index in [9.17, 15) is 22.4 Å². The first-order chi connectivity index (χ1) is 15.7. The lowest BCUT2D eigenvalue weighted by Gasteiger charge is -2.14. The van der Waals surface area contributed by atoms with Gasteiger partial charge in [0.05, 0.1) is 22.7 Å². The molecule has 0 atom stereocenters. The van der Waals surface area contributed by atoms with E-state index in [1.807, 2.05) is 0 Å². The molecule has 14 heteroatoms. The van der Waals surface area contributed by atoms with Crippen molar-refractivity contribution in [2.24, 2.45) is 0 Å². The Morgan fingerprint density at radius 1 is 1.12 bits per heavy atom. The summed E-state index contributed by atoms with van der Waals surface area (Å²) in [5.41, 5.74) is -0.300. The van der Waals surface area contributed by atoms with Gasteiger partial charge in [0.25, 0.3) is 0 Å². The van der Waals surface area contributed by atoms with E-state index in [1.54, 1.807) is 0 Å². The van der Waals surface area contributed by atoms with Crippen LogP contribution in [0.5, 0.6) is 0 Å². The number of hydrogen-bond donors (Lipinski definition) is 2. The van der Waals surface area contributed by atoms with Crippen LogP contribution < -0.4 is 11.2 Å². The van der Waals surface area contributed by atoms with Gasteiger partial charge in [-0.05, 0) is 42.5 Å². The van der Waals surface area contributed by atoms with Gasteiger partial charge in [-0.25, -0.2) is 18.7 Å². The quantitative estimate of drug-likeness (QED) is 0.248. The highest BCUT2D eigenvalue weighted by Crippen LogP contribution is 2.33. The number of halogens is 4. The fourth-order valence-corrected chi connectivity index (χ4v) is 3.49. The molecule has 4 aromatic rings. The average molecular weight is 478 g/mol. The van der Waals surface area contributed by atoms with Crippen molar-refractivity contribution in [1.82, 2.24) is 29.6 Å². The number of hydrogen-bond acceptors (Lipinski definition) is 7. The van der Waals surface area contributed by atoms with Gasteiger partial charge in [-0.15, -0.1) is 10.2 Å². The van der Waals surface area contributed by atoms with Crippen LogP contribution in [0.25, 0.3) is 17.1 Å². The molecule has 0 saturated carbocycles. The van der Waals surface area contributed by atoms with Crippen molar-refractivity contribution in [2.45, 2.75) is 11.3 Å². The van der Waals surface area contributed by atoms with Crippen molar-refractivity contribution in [3.05, 3.63) is 66.5 Å². The van der Waals surface area contributed by atoms with Crippen molar-refractivity contribution in [3.63, 3.8) is 0 Å². The number of rotatable bonds is 6. The number of nitrogens with zero attached hydrogens (tertiary/aromatic N) is 6. The number of benzene rings is 2. The summed E-state index contributed by atoms with van der Waals surface area (Å²) in [7, 11) is 0. The third-order valence-corrected chi connectivity index (χ3v) is 5.31. The van der Waals surface area contributed by atoms with Crippen LogP contribution in [0.4, 0.5) is 23.2 Å². The largest absolute Gasteiger partial charge is 0.416 e. The molecule has 0 saturated heterocycles. The summed E-state index contributed by atoms with van der Waals surface area (Å²) in [6, 6.07) is 8.32. The van der Waals surface area contributed by atoms with Crippen LogP contribution in [-0.2, 0) is 11.0 Å². The minimum atomic E-state index is -4.60. The highest BCUT2D eigenvalue weighted by molar-refractivity contribution is 7.99. The van der Waals surface area contributed by atoms with E-state index in [-0.39, 0.29) is 28.1 Å². The SMILES string of the molecule is Nn1c(SCC(=O)Nc2cc(C(F)(F)F)ccc2-n2cncn2)nnc1-c1ccc(F)cc1. The molecule has 0 fully saturated rings. The predicted octanol–water partition coefficient (Wildman–Crippen LogP) is 3.13. The van der Waals surface area contributed by atoms with E-state index in [1.165, 1.54) is 47.7 Å². The Morgan fingerprint density at radius 2 is 1.88 bits per heavy atom. The Hall–Kier alpha value is -3.94. The molecule has 4 rings (SSSR count). The van der Waals surface area contributed by atoms with E-state index in [0.29, 0.717) is 5.56 Å². The minimum Gasteiger partial charge on any atom is -0.335 e. The number of alkyl halides is 3. The number of carbonyl (C=O) groups is 1. The molecule has 0 aliphatic rings. The molecule has 9 nitrogen and oxygen atoms in total. The molecule has 0 unspecified atom stereocenters. The number of nitrogen functional groups attached to an aromatic ring is 1. The molecule has 0 bridgehead atoms. The molecule has 1 amide bonds. The molecule has 2 aromatic carbocycles. The topological polar surface area (TPSA) is 117 Å². The zero-order valence-electron chi connectivity index (χ0n) is 16.5. The number of nitrogens with one attached hydrogen (secondary N) is 1. The number of carbonyl (C=O) groups excluding carboxylic acids is 1. The first-order valence-electron chi connectivity index (χ1n) is 9.17. The van der Waals surface area contributed by atoms with Crippen molar-refractivity contribution < 1.29 is 22.4 Å². The second-order valence-electron chi connectivity index (χ2n) is 6.59. The molecule has 3 N–H and O–H groups in total. The predicted molar refractivity (Wildman–Crippen MR) is 111 cm³/mol. The molecule has 170 valence electrons. The summed E-state index contributed by atoms with van der Waals surface area (Å²) in [4.78, 5) is 16.3. The highest BCUT2D eigenvalue weighted by atomic mass is 32.2.